The van der Waals surface area contributed by atoms with E-state index in [0.717, 1.165) is 36.1 Å². The van der Waals surface area contributed by atoms with E-state index in [4.69, 9.17) is 24.7 Å². The smallest absolute Gasteiger partial charge is 0.470 e. The van der Waals surface area contributed by atoms with Crippen LogP contribution in [0.1, 0.15) is 97.4 Å². The predicted octanol–water partition coefficient (Wildman–Crippen LogP) is 3.11. The number of nitrogens with two attached hydrogens (primary N) is 1. The van der Waals surface area contributed by atoms with E-state index in [2.05, 4.69) is 73.4 Å². The number of amides is 1. The number of phosphoric acid groups is 2. The Morgan fingerprint density at radius 1 is 0.973 bits per heavy atom. The highest BCUT2D eigenvalue weighted by molar-refractivity contribution is 7.86. The van der Waals surface area contributed by atoms with Crippen LogP contribution < -0.4 is 41.3 Å². The Hall–Kier alpha value is -5.21. The molecule has 28 heteroatoms. The molecule has 4 aliphatic heterocycles. The third-order valence-electron chi connectivity index (χ3n) is 13.3. The van der Waals surface area contributed by atoms with Crippen molar-refractivity contribution in [2.45, 2.75) is 116 Å². The Balaban J connectivity index is 0.883. The van der Waals surface area contributed by atoms with Crippen LogP contribution in [0.5, 0.6) is 11.5 Å². The standard InChI is InChI=1S/C46H62N10O15P2S/c1-7-54-32-19-34-30(17-28(32)26(2)21-45(54,3)4)52-31-18-29-27(24-74(65,66)67)22-46(5,6)55(33(29)20-35(31)69-34)16-12-13-37(57)48-14-10-8-9-11-15-49-44-53-38-41(47)50-25-51-42(38)56(44)43-40(71-73(62,63)64)39(58)36(70-43)23-68-72(59,60)61/h17-22,25,36,39-40,43,47,52,58H,7-16,23-24H2,1-6H3,(H6,48,57,59,60,61,62,63,64,65,66,67)/t36-,39-,40-,43-/m1/s1. The summed E-state index contributed by atoms with van der Waals surface area (Å²) >= 11 is 0. The minimum Gasteiger partial charge on any atom is -0.748 e. The maximum absolute atomic E-state index is 13.1. The highest BCUT2D eigenvalue weighted by Crippen LogP contribution is 2.48. The second-order valence-corrected chi connectivity index (χ2v) is 23.6. The van der Waals surface area contributed by atoms with Gasteiger partial charge >= 0.3 is 15.6 Å². The Morgan fingerprint density at radius 3 is 2.39 bits per heavy atom. The molecule has 0 bridgehead atoms. The number of carbonyl (C=O) groups excluding carboxylic acids is 1. The summed E-state index contributed by atoms with van der Waals surface area (Å²) < 4.78 is 85.1. The molecule has 0 radical (unpaired) electrons. The van der Waals surface area contributed by atoms with Crippen LogP contribution in [0.25, 0.3) is 22.3 Å². The summed E-state index contributed by atoms with van der Waals surface area (Å²) in [5.41, 5.74) is 10.0. The monoisotopic (exact) mass is 1090 g/mol. The molecule has 25 nitrogen and oxygen atoms in total. The maximum atomic E-state index is 13.1. The van der Waals surface area contributed by atoms with Crippen molar-refractivity contribution >= 4 is 77.1 Å². The largest absolute Gasteiger partial charge is 0.748 e. The Bertz CT molecular complexity index is 3270. The van der Waals surface area contributed by atoms with E-state index in [-0.39, 0.29) is 40.8 Å². The van der Waals surface area contributed by atoms with Crippen LogP contribution >= 0.6 is 15.6 Å². The first-order valence-corrected chi connectivity index (χ1v) is 28.7. The first-order chi connectivity index (χ1) is 34.6. The van der Waals surface area contributed by atoms with Crippen molar-refractivity contribution in [1.29, 1.82) is 0 Å². The number of fused-ring (bicyclic) bond motifs is 5. The number of allylic oxidation sites excluding steroid dienone is 1. The Labute approximate surface area is 426 Å². The van der Waals surface area contributed by atoms with Gasteiger partial charge < -0.3 is 60.0 Å². The van der Waals surface area contributed by atoms with Gasteiger partial charge in [0.1, 0.15) is 42.2 Å². The number of hydrogen-bond acceptors (Lipinski definition) is 18. The number of aliphatic hydroxyl groups is 1. The van der Waals surface area contributed by atoms with E-state index in [1.165, 1.54) is 4.57 Å². The van der Waals surface area contributed by atoms with Gasteiger partial charge in [0.15, 0.2) is 40.2 Å². The number of carbonyl (C=O) groups is 1. The number of nitrogens with zero attached hydrogens (tertiary/aromatic N) is 7. The number of benzene rings is 2. The summed E-state index contributed by atoms with van der Waals surface area (Å²) in [7, 11) is -14.9. The molecule has 6 heterocycles. The quantitative estimate of drug-likeness (QED) is 0.0226. The second-order valence-electron chi connectivity index (χ2n) is 19.7. The molecule has 74 heavy (non-hydrogen) atoms. The SMILES string of the molecule is CCN1c2cc3c(cc2C(C)=CC1(C)C)N=c1cc2c(cc1O3)=[N+](CCCC(=O)NCCCCCCNc1nc3c(N)ncnc3n1[C@@H]1O[C@H](COP(=O)(O)O)[C@@H](O)[C@H]1OP(=O)(O)O)C(C)(C)C=C2CS(=O)(=O)[O-]. The van der Waals surface area contributed by atoms with Gasteiger partial charge in [0.25, 0.3) is 0 Å². The fourth-order valence-electron chi connectivity index (χ4n) is 10.2. The van der Waals surface area contributed by atoms with Gasteiger partial charge in [0.2, 0.25) is 17.2 Å². The van der Waals surface area contributed by atoms with Crippen LogP contribution in [-0.2, 0) is 37.8 Å². The molecule has 4 aliphatic rings. The van der Waals surface area contributed by atoms with Gasteiger partial charge in [-0.25, -0.2) is 42.1 Å². The molecule has 0 aliphatic carbocycles. The lowest BCUT2D eigenvalue weighted by Gasteiger charge is -2.43. The number of hydrogen-bond donors (Lipinski definition) is 8. The topological polar surface area (TPSA) is 359 Å². The Kier molecular flexibility index (Phi) is 15.7. The number of anilines is 3. The highest BCUT2D eigenvalue weighted by atomic mass is 32.2. The van der Waals surface area contributed by atoms with Gasteiger partial charge in [-0.1, -0.05) is 18.9 Å². The summed E-state index contributed by atoms with van der Waals surface area (Å²) in [6, 6.07) is 7.64. The molecule has 0 unspecified atom stereocenters. The third kappa shape index (κ3) is 12.2. The van der Waals surface area contributed by atoms with Crippen molar-refractivity contribution in [2.24, 2.45) is 4.99 Å². The number of aliphatic hydroxyl groups excluding tert-OH is 1. The molecule has 1 saturated heterocycles. The molecule has 2 aromatic heterocycles. The third-order valence-corrected chi connectivity index (χ3v) is 15.0. The van der Waals surface area contributed by atoms with E-state index in [0.29, 0.717) is 84.4 Å². The maximum Gasteiger partial charge on any atom is 0.470 e. The minimum atomic E-state index is -5.26. The van der Waals surface area contributed by atoms with E-state index < -0.39 is 68.2 Å². The molecule has 0 saturated carbocycles. The van der Waals surface area contributed by atoms with Gasteiger partial charge in [-0.3, -0.25) is 18.4 Å². The van der Waals surface area contributed by atoms with Crippen LogP contribution in [0.2, 0.25) is 0 Å². The van der Waals surface area contributed by atoms with Gasteiger partial charge in [0.05, 0.1) is 39.6 Å². The molecule has 402 valence electrons. The zero-order valence-electron chi connectivity index (χ0n) is 41.7. The molecular formula is C46H62N10O15P2S. The Morgan fingerprint density at radius 2 is 1.70 bits per heavy atom. The number of imidazole rings is 1. The highest BCUT2D eigenvalue weighted by Gasteiger charge is 2.50. The van der Waals surface area contributed by atoms with Crippen molar-refractivity contribution in [2.75, 3.05) is 54.5 Å². The molecule has 2 aromatic carbocycles. The van der Waals surface area contributed by atoms with Crippen LogP contribution in [0.4, 0.5) is 23.1 Å². The first kappa shape index (κ1) is 55.0. The van der Waals surface area contributed by atoms with Gasteiger partial charge in [-0.15, -0.1) is 0 Å². The van der Waals surface area contributed by atoms with Crippen LogP contribution in [0, 0.1) is 0 Å². The van der Waals surface area contributed by atoms with E-state index in [1.807, 2.05) is 32.0 Å². The van der Waals surface area contributed by atoms with Gasteiger partial charge in [-0.2, -0.15) is 0 Å². The molecule has 4 aromatic rings. The van der Waals surface area contributed by atoms with E-state index in [9.17, 15) is 51.6 Å². The predicted molar refractivity (Wildman–Crippen MR) is 271 cm³/mol. The average Bonchev–Trinajstić information content (AvgIpc) is 3.80. The number of unbranched alkanes of at least 4 members (excludes halogenated alkanes) is 3. The fourth-order valence-corrected chi connectivity index (χ4v) is 11.7. The summed E-state index contributed by atoms with van der Waals surface area (Å²) in [6.45, 7) is 13.5. The van der Waals surface area contributed by atoms with Crippen LogP contribution in [0.3, 0.4) is 0 Å². The number of likely N-dealkylation sites (N-methyl/N-ethyl adjacent to an activating group) is 1. The fraction of sp³-hybridized carbons (Fsp3) is 0.522. The number of rotatable bonds is 21. The molecule has 1 fully saturated rings. The van der Waals surface area contributed by atoms with Crippen molar-refractivity contribution in [1.82, 2.24) is 29.4 Å². The molecule has 0 spiro atoms. The van der Waals surface area contributed by atoms with Crippen LogP contribution in [0.15, 0.2) is 47.7 Å². The van der Waals surface area contributed by atoms with Gasteiger partial charge in [-0.05, 0) is 69.9 Å². The van der Waals surface area contributed by atoms with Crippen molar-refractivity contribution < 1.29 is 70.1 Å². The molecule has 8 rings (SSSR count). The van der Waals surface area contributed by atoms with Crippen molar-refractivity contribution in [3.05, 3.63) is 64.6 Å². The molecule has 1 amide bonds. The second kappa shape index (κ2) is 21.1. The lowest BCUT2D eigenvalue weighted by Crippen LogP contribution is -2.50. The zero-order chi connectivity index (χ0) is 53.7. The van der Waals surface area contributed by atoms with Crippen molar-refractivity contribution in [3.8, 4) is 11.5 Å². The van der Waals surface area contributed by atoms with Gasteiger partial charge in [0, 0.05) is 63.6 Å². The minimum absolute atomic E-state index is 0.0369. The number of aromatic nitrogens is 4. The summed E-state index contributed by atoms with van der Waals surface area (Å²) in [5.74, 6) is 0.247. The number of ether oxygens (including phenoxy) is 2. The zero-order valence-corrected chi connectivity index (χ0v) is 44.3. The van der Waals surface area contributed by atoms with Crippen molar-refractivity contribution in [3.63, 3.8) is 0 Å². The molecule has 9 N–H and O–H groups in total. The number of nitrogen functional groups attached to an aromatic ring is 1. The van der Waals surface area contributed by atoms with Crippen LogP contribution in [-0.4, -0.2) is 131 Å². The molecular weight excluding hydrogens is 1030 g/mol. The summed E-state index contributed by atoms with van der Waals surface area (Å²) in [6.07, 6.45) is 1.86. The lowest BCUT2D eigenvalue weighted by molar-refractivity contribution is -0.121. The summed E-state index contributed by atoms with van der Waals surface area (Å²) in [5, 5.41) is 18.2. The number of nitrogens with one attached hydrogen (secondary N) is 2. The summed E-state index contributed by atoms with van der Waals surface area (Å²) in [4.78, 5) is 70.8. The first-order valence-electron chi connectivity index (χ1n) is 24.1. The number of phosphoric ester groups is 2. The van der Waals surface area contributed by atoms with E-state index >= 15 is 0 Å². The van der Waals surface area contributed by atoms with E-state index in [1.54, 1.807) is 12.1 Å². The normalized spacial score (nSPS) is 20.9. The lowest BCUT2D eigenvalue weighted by atomic mass is 9.88. The molecule has 4 atom stereocenters. The average molecular weight is 1090 g/mol.